The largest absolute Gasteiger partial charge is 0.369 e. The number of hydrogen-bond acceptors (Lipinski definition) is 6. The number of hydrogen-bond donors (Lipinski definition) is 3. The van der Waals surface area contributed by atoms with Crippen molar-refractivity contribution in [2.24, 2.45) is 0 Å². The second-order valence-corrected chi connectivity index (χ2v) is 6.07. The van der Waals surface area contributed by atoms with E-state index in [-0.39, 0.29) is 5.75 Å². The average Bonchev–Trinajstić information content (AvgIpc) is 2.34. The molecule has 0 radical (unpaired) electrons. The van der Waals surface area contributed by atoms with Crippen LogP contribution in [-0.2, 0) is 10.0 Å². The summed E-state index contributed by atoms with van der Waals surface area (Å²) in [4.78, 5) is 8.50. The Balaban J connectivity index is 2.49. The number of anilines is 2. The minimum absolute atomic E-state index is 0.0875. The third kappa shape index (κ3) is 5.84. The predicted molar refractivity (Wildman–Crippen MR) is 76.9 cm³/mol. The van der Waals surface area contributed by atoms with Gasteiger partial charge in [0, 0.05) is 31.4 Å². The molecule has 0 aromatic carbocycles. The Morgan fingerprint density at radius 3 is 2.53 bits per heavy atom. The second-order valence-electron chi connectivity index (χ2n) is 3.97. The lowest BCUT2D eigenvalue weighted by Crippen LogP contribution is -2.30. The van der Waals surface area contributed by atoms with E-state index in [1.54, 1.807) is 6.92 Å². The summed E-state index contributed by atoms with van der Waals surface area (Å²) in [6.07, 6.45) is 0. The van der Waals surface area contributed by atoms with Crippen molar-refractivity contribution in [1.82, 2.24) is 14.7 Å². The molecule has 1 rings (SSSR count). The molecule has 0 aliphatic rings. The molecule has 0 saturated carbocycles. The number of aromatic nitrogens is 2. The zero-order chi connectivity index (χ0) is 14.3. The molecule has 0 unspecified atom stereocenters. The zero-order valence-electron chi connectivity index (χ0n) is 11.5. The summed E-state index contributed by atoms with van der Waals surface area (Å²) in [5, 5.41) is 6.10. The van der Waals surface area contributed by atoms with E-state index < -0.39 is 10.0 Å². The lowest BCUT2D eigenvalue weighted by molar-refractivity contribution is 0.584. The van der Waals surface area contributed by atoms with Gasteiger partial charge in [-0.15, -0.1) is 0 Å². The summed E-state index contributed by atoms with van der Waals surface area (Å²) < 4.78 is 24.9. The third-order valence-electron chi connectivity index (χ3n) is 2.32. The predicted octanol–water partition coefficient (Wildman–Crippen LogP) is 0.568. The molecule has 7 nitrogen and oxygen atoms in total. The van der Waals surface area contributed by atoms with Crippen molar-refractivity contribution in [2.75, 3.05) is 36.0 Å². The van der Waals surface area contributed by atoms with Gasteiger partial charge in [-0.2, -0.15) is 4.98 Å². The molecular formula is C11H21N5O2S. The van der Waals surface area contributed by atoms with E-state index in [0.29, 0.717) is 24.9 Å². The minimum atomic E-state index is -3.13. The Morgan fingerprint density at radius 1 is 1.16 bits per heavy atom. The van der Waals surface area contributed by atoms with Crippen LogP contribution in [0.2, 0.25) is 0 Å². The average molecular weight is 287 g/mol. The van der Waals surface area contributed by atoms with Crippen molar-refractivity contribution in [2.45, 2.75) is 20.8 Å². The SMILES string of the molecule is CCNc1nc(C)cc(NCCNS(=O)(=O)CC)n1. The Bertz CT molecular complexity index is 504. The summed E-state index contributed by atoms with van der Waals surface area (Å²) in [7, 11) is -3.13. The van der Waals surface area contributed by atoms with Gasteiger partial charge in [0.1, 0.15) is 5.82 Å². The van der Waals surface area contributed by atoms with Crippen LogP contribution < -0.4 is 15.4 Å². The van der Waals surface area contributed by atoms with Gasteiger partial charge in [-0.1, -0.05) is 0 Å². The van der Waals surface area contributed by atoms with Gasteiger partial charge in [-0.3, -0.25) is 0 Å². The molecule has 0 amide bonds. The van der Waals surface area contributed by atoms with Crippen LogP contribution in [0, 0.1) is 6.92 Å². The van der Waals surface area contributed by atoms with Gasteiger partial charge in [-0.05, 0) is 20.8 Å². The molecule has 108 valence electrons. The van der Waals surface area contributed by atoms with Crippen molar-refractivity contribution in [3.05, 3.63) is 11.8 Å². The molecule has 8 heteroatoms. The molecule has 0 bridgehead atoms. The maximum Gasteiger partial charge on any atom is 0.224 e. The number of rotatable bonds is 8. The Kier molecular flexibility index (Phi) is 5.97. The van der Waals surface area contributed by atoms with E-state index in [1.807, 2.05) is 19.9 Å². The monoisotopic (exact) mass is 287 g/mol. The normalized spacial score (nSPS) is 11.3. The molecule has 0 atom stereocenters. The topological polar surface area (TPSA) is 96.0 Å². The summed E-state index contributed by atoms with van der Waals surface area (Å²) in [6.45, 7) is 7.01. The van der Waals surface area contributed by atoms with E-state index in [1.165, 1.54) is 0 Å². The number of nitrogens with one attached hydrogen (secondary N) is 3. The molecular weight excluding hydrogens is 266 g/mol. The quantitative estimate of drug-likeness (QED) is 0.605. The van der Waals surface area contributed by atoms with E-state index in [9.17, 15) is 8.42 Å². The lowest BCUT2D eigenvalue weighted by Gasteiger charge is -2.09. The highest BCUT2D eigenvalue weighted by Crippen LogP contribution is 2.08. The first-order valence-corrected chi connectivity index (χ1v) is 7.93. The molecule has 0 fully saturated rings. The minimum Gasteiger partial charge on any atom is -0.369 e. The molecule has 1 aromatic rings. The fraction of sp³-hybridized carbons (Fsp3) is 0.636. The standard InChI is InChI=1S/C11H21N5O2S/c1-4-12-11-15-9(3)8-10(16-11)13-6-7-14-19(17,18)5-2/h8,14H,4-7H2,1-3H3,(H2,12,13,15,16). The van der Waals surface area contributed by atoms with E-state index in [4.69, 9.17) is 0 Å². The summed E-state index contributed by atoms with van der Waals surface area (Å²) in [5.74, 6) is 1.34. The Morgan fingerprint density at radius 2 is 1.89 bits per heavy atom. The fourth-order valence-electron chi connectivity index (χ4n) is 1.40. The van der Waals surface area contributed by atoms with E-state index >= 15 is 0 Å². The first-order valence-electron chi connectivity index (χ1n) is 6.27. The number of sulfonamides is 1. The molecule has 3 N–H and O–H groups in total. The number of aryl methyl sites for hydroxylation is 1. The molecule has 0 saturated heterocycles. The van der Waals surface area contributed by atoms with Crippen molar-refractivity contribution in [3.8, 4) is 0 Å². The van der Waals surface area contributed by atoms with Crippen LogP contribution in [0.1, 0.15) is 19.5 Å². The molecule has 19 heavy (non-hydrogen) atoms. The van der Waals surface area contributed by atoms with Gasteiger partial charge < -0.3 is 10.6 Å². The zero-order valence-corrected chi connectivity index (χ0v) is 12.3. The highest BCUT2D eigenvalue weighted by atomic mass is 32.2. The summed E-state index contributed by atoms with van der Waals surface area (Å²) in [5.41, 5.74) is 0.850. The number of nitrogens with zero attached hydrogens (tertiary/aromatic N) is 2. The maximum atomic E-state index is 11.2. The van der Waals surface area contributed by atoms with Gasteiger partial charge in [-0.25, -0.2) is 18.1 Å². The van der Waals surface area contributed by atoms with Gasteiger partial charge in [0.05, 0.1) is 5.75 Å². The van der Waals surface area contributed by atoms with Crippen molar-refractivity contribution < 1.29 is 8.42 Å². The van der Waals surface area contributed by atoms with Crippen LogP contribution in [-0.4, -0.2) is 43.8 Å². The van der Waals surface area contributed by atoms with Crippen molar-refractivity contribution in [1.29, 1.82) is 0 Å². The lowest BCUT2D eigenvalue weighted by atomic mass is 10.4. The van der Waals surface area contributed by atoms with Crippen LogP contribution in [0.3, 0.4) is 0 Å². The van der Waals surface area contributed by atoms with Crippen molar-refractivity contribution in [3.63, 3.8) is 0 Å². The second kappa shape index (κ2) is 7.25. The molecule has 1 aromatic heterocycles. The molecule has 0 aliphatic heterocycles. The Hall–Kier alpha value is -1.41. The molecule has 1 heterocycles. The van der Waals surface area contributed by atoms with Crippen LogP contribution >= 0.6 is 0 Å². The first-order chi connectivity index (χ1) is 8.96. The van der Waals surface area contributed by atoms with Crippen LogP contribution in [0.15, 0.2) is 6.07 Å². The smallest absolute Gasteiger partial charge is 0.224 e. The first kappa shape index (κ1) is 15.6. The van der Waals surface area contributed by atoms with E-state index in [0.717, 1.165) is 12.2 Å². The highest BCUT2D eigenvalue weighted by Gasteiger charge is 2.05. The third-order valence-corrected chi connectivity index (χ3v) is 3.73. The van der Waals surface area contributed by atoms with Crippen LogP contribution in [0.25, 0.3) is 0 Å². The van der Waals surface area contributed by atoms with Crippen LogP contribution in [0.4, 0.5) is 11.8 Å². The Labute approximate surface area is 114 Å². The van der Waals surface area contributed by atoms with Gasteiger partial charge in [0.15, 0.2) is 0 Å². The van der Waals surface area contributed by atoms with Crippen LogP contribution in [0.5, 0.6) is 0 Å². The maximum absolute atomic E-state index is 11.2. The summed E-state index contributed by atoms with van der Waals surface area (Å²) in [6, 6.07) is 1.81. The van der Waals surface area contributed by atoms with Crippen molar-refractivity contribution >= 4 is 21.8 Å². The summed E-state index contributed by atoms with van der Waals surface area (Å²) >= 11 is 0. The van der Waals surface area contributed by atoms with Gasteiger partial charge >= 0.3 is 0 Å². The highest BCUT2D eigenvalue weighted by molar-refractivity contribution is 7.89. The fourth-order valence-corrected chi connectivity index (χ4v) is 2.01. The molecule has 0 spiro atoms. The van der Waals surface area contributed by atoms with Gasteiger partial charge in [0.2, 0.25) is 16.0 Å². The molecule has 0 aliphatic carbocycles. The van der Waals surface area contributed by atoms with E-state index in [2.05, 4.69) is 25.3 Å². The van der Waals surface area contributed by atoms with Gasteiger partial charge in [0.25, 0.3) is 0 Å².